The van der Waals surface area contributed by atoms with Crippen molar-refractivity contribution in [2.75, 3.05) is 11.5 Å². The molecule has 1 saturated heterocycles. The van der Waals surface area contributed by atoms with Crippen molar-refractivity contribution in [1.82, 2.24) is 0 Å². The molecule has 98 valence electrons. The number of benzene rings is 1. The molecule has 0 amide bonds. The summed E-state index contributed by atoms with van der Waals surface area (Å²) in [6, 6.07) is 6.58. The summed E-state index contributed by atoms with van der Waals surface area (Å²) < 4.78 is 22.6. The lowest BCUT2D eigenvalue weighted by Crippen LogP contribution is -2.89. The van der Waals surface area contributed by atoms with E-state index in [0.29, 0.717) is 13.0 Å². The monoisotopic (exact) mass is 269 g/mol. The second-order valence-corrected chi connectivity index (χ2v) is 6.82. The Morgan fingerprint density at radius 2 is 2.00 bits per heavy atom. The van der Waals surface area contributed by atoms with Gasteiger partial charge in [0.2, 0.25) is 0 Å². The molecule has 1 heterocycles. The summed E-state index contributed by atoms with van der Waals surface area (Å²) in [5.41, 5.74) is 1.13. The average Bonchev–Trinajstić information content (AvgIpc) is 2.67. The lowest BCUT2D eigenvalue weighted by atomic mass is 10.1. The Kier molecular flexibility index (Phi) is 3.68. The average molecular weight is 269 g/mol. The number of quaternary nitrogens is 1. The van der Waals surface area contributed by atoms with E-state index >= 15 is 0 Å². The molecular formula is C12H15NO4S. The molecule has 1 atom stereocenters. The standard InChI is InChI=1S/C12H15NO4S/c14-12(15)10-3-1-9(2-4-10)7-13-11-5-6-18(16,17)8-11/h1-4,11,13H,5-8H2,(H,14,15)/t11-/m0/s1. The Balaban J connectivity index is 1.89. The molecule has 5 nitrogen and oxygen atoms in total. The van der Waals surface area contributed by atoms with Crippen LogP contribution in [-0.4, -0.2) is 31.9 Å². The van der Waals surface area contributed by atoms with Gasteiger partial charge in [-0.3, -0.25) is 0 Å². The Morgan fingerprint density at radius 1 is 1.33 bits per heavy atom. The molecule has 0 saturated carbocycles. The maximum atomic E-state index is 11.3. The number of carbonyl (C=O) groups is 1. The second kappa shape index (κ2) is 5.07. The lowest BCUT2D eigenvalue weighted by molar-refractivity contribution is -0.699. The number of sulfone groups is 1. The molecule has 18 heavy (non-hydrogen) atoms. The first-order valence-electron chi connectivity index (χ1n) is 5.80. The molecule has 1 fully saturated rings. The van der Waals surface area contributed by atoms with Crippen molar-refractivity contribution in [1.29, 1.82) is 0 Å². The van der Waals surface area contributed by atoms with Gasteiger partial charge in [-0.15, -0.1) is 0 Å². The molecule has 0 radical (unpaired) electrons. The first-order valence-corrected chi connectivity index (χ1v) is 7.62. The minimum Gasteiger partial charge on any atom is -0.545 e. The number of aromatic carboxylic acids is 1. The van der Waals surface area contributed by atoms with Gasteiger partial charge in [0.15, 0.2) is 9.84 Å². The third-order valence-corrected chi connectivity index (χ3v) is 4.94. The Bertz CT molecular complexity index is 536. The highest BCUT2D eigenvalue weighted by Gasteiger charge is 2.30. The van der Waals surface area contributed by atoms with Gasteiger partial charge in [-0.25, -0.2) is 8.42 Å². The molecule has 1 aromatic carbocycles. The summed E-state index contributed by atoms with van der Waals surface area (Å²) in [6.07, 6.45) is 0.694. The molecule has 0 unspecified atom stereocenters. The zero-order chi connectivity index (χ0) is 13.2. The van der Waals surface area contributed by atoms with Crippen LogP contribution in [0.3, 0.4) is 0 Å². The van der Waals surface area contributed by atoms with Crippen molar-refractivity contribution in [3.63, 3.8) is 0 Å². The van der Waals surface area contributed by atoms with E-state index in [-0.39, 0.29) is 23.1 Å². The van der Waals surface area contributed by atoms with E-state index in [1.807, 2.05) is 5.32 Å². The molecule has 1 aromatic rings. The van der Waals surface area contributed by atoms with Crippen LogP contribution in [0.15, 0.2) is 24.3 Å². The highest BCUT2D eigenvalue weighted by molar-refractivity contribution is 7.91. The molecular weight excluding hydrogens is 254 g/mol. The van der Waals surface area contributed by atoms with Crippen LogP contribution in [0.1, 0.15) is 22.3 Å². The summed E-state index contributed by atoms with van der Waals surface area (Å²) in [4.78, 5) is 10.6. The van der Waals surface area contributed by atoms with Crippen molar-refractivity contribution in [3.8, 4) is 0 Å². The van der Waals surface area contributed by atoms with E-state index in [1.165, 1.54) is 12.1 Å². The van der Waals surface area contributed by atoms with Crippen LogP contribution in [0.5, 0.6) is 0 Å². The summed E-state index contributed by atoms with van der Waals surface area (Å²) in [5.74, 6) is -0.672. The summed E-state index contributed by atoms with van der Waals surface area (Å²) in [6.45, 7) is 0.660. The summed E-state index contributed by atoms with van der Waals surface area (Å²) >= 11 is 0. The number of carboxylic acid groups (broad SMARTS) is 1. The van der Waals surface area contributed by atoms with Gasteiger partial charge in [0, 0.05) is 12.0 Å². The van der Waals surface area contributed by atoms with Gasteiger partial charge in [-0.05, 0) is 5.56 Å². The van der Waals surface area contributed by atoms with Crippen LogP contribution in [-0.2, 0) is 16.4 Å². The largest absolute Gasteiger partial charge is 0.545 e. The second-order valence-electron chi connectivity index (χ2n) is 4.59. The predicted octanol–water partition coefficient (Wildman–Crippen LogP) is -1.70. The van der Waals surface area contributed by atoms with Crippen LogP contribution in [0.2, 0.25) is 0 Å². The van der Waals surface area contributed by atoms with Crippen LogP contribution in [0, 0.1) is 0 Å². The number of carbonyl (C=O) groups excluding carboxylic acids is 1. The highest BCUT2D eigenvalue weighted by atomic mass is 32.2. The number of hydrogen-bond donors (Lipinski definition) is 1. The van der Waals surface area contributed by atoms with E-state index in [1.54, 1.807) is 12.1 Å². The van der Waals surface area contributed by atoms with Gasteiger partial charge < -0.3 is 15.2 Å². The Hall–Kier alpha value is -1.40. The SMILES string of the molecule is O=C([O-])c1ccc(C[NH2+][C@H]2CCS(=O)(=O)C2)cc1. The molecule has 0 spiro atoms. The maximum absolute atomic E-state index is 11.3. The quantitative estimate of drug-likeness (QED) is 0.705. The molecule has 2 rings (SSSR count). The minimum atomic E-state index is -2.84. The molecule has 0 bridgehead atoms. The fourth-order valence-corrected chi connectivity index (χ4v) is 3.87. The van der Waals surface area contributed by atoms with E-state index in [2.05, 4.69) is 0 Å². The van der Waals surface area contributed by atoms with Crippen molar-refractivity contribution >= 4 is 15.8 Å². The first kappa shape index (κ1) is 13.0. The van der Waals surface area contributed by atoms with Crippen LogP contribution >= 0.6 is 0 Å². The topological polar surface area (TPSA) is 90.9 Å². The van der Waals surface area contributed by atoms with E-state index in [4.69, 9.17) is 0 Å². The molecule has 1 aliphatic rings. The number of rotatable bonds is 4. The van der Waals surface area contributed by atoms with Gasteiger partial charge in [-0.1, -0.05) is 24.3 Å². The predicted molar refractivity (Wildman–Crippen MR) is 63.5 cm³/mol. The van der Waals surface area contributed by atoms with Gasteiger partial charge >= 0.3 is 0 Å². The third-order valence-electron chi connectivity index (χ3n) is 3.14. The Labute approximate surface area is 106 Å². The zero-order valence-electron chi connectivity index (χ0n) is 9.83. The lowest BCUT2D eigenvalue weighted by Gasteiger charge is -2.08. The summed E-state index contributed by atoms with van der Waals surface area (Å²) in [7, 11) is -2.84. The van der Waals surface area contributed by atoms with Crippen molar-refractivity contribution in [2.45, 2.75) is 19.0 Å². The molecule has 2 N–H and O–H groups in total. The minimum absolute atomic E-state index is 0.121. The van der Waals surface area contributed by atoms with Crippen molar-refractivity contribution in [2.24, 2.45) is 0 Å². The number of nitrogens with two attached hydrogens (primary N) is 1. The van der Waals surface area contributed by atoms with Crippen LogP contribution in [0.25, 0.3) is 0 Å². The number of carboxylic acids is 1. The van der Waals surface area contributed by atoms with Crippen LogP contribution < -0.4 is 10.4 Å². The molecule has 6 heteroatoms. The van der Waals surface area contributed by atoms with Gasteiger partial charge in [0.1, 0.15) is 18.3 Å². The smallest absolute Gasteiger partial charge is 0.156 e. The van der Waals surface area contributed by atoms with Gasteiger partial charge in [-0.2, -0.15) is 0 Å². The first-order chi connectivity index (χ1) is 8.46. The van der Waals surface area contributed by atoms with E-state index in [9.17, 15) is 18.3 Å². The normalized spacial score (nSPS) is 21.9. The zero-order valence-corrected chi connectivity index (χ0v) is 10.7. The maximum Gasteiger partial charge on any atom is 0.156 e. The van der Waals surface area contributed by atoms with Crippen molar-refractivity contribution in [3.05, 3.63) is 35.4 Å². The highest BCUT2D eigenvalue weighted by Crippen LogP contribution is 2.08. The van der Waals surface area contributed by atoms with Gasteiger partial charge in [0.05, 0.1) is 11.7 Å². The fourth-order valence-electron chi connectivity index (χ4n) is 2.09. The molecule has 0 aliphatic carbocycles. The molecule has 1 aliphatic heterocycles. The summed E-state index contributed by atoms with van der Waals surface area (Å²) in [5, 5.41) is 12.6. The van der Waals surface area contributed by atoms with Gasteiger partial charge in [0.25, 0.3) is 0 Å². The molecule has 0 aromatic heterocycles. The van der Waals surface area contributed by atoms with E-state index < -0.39 is 15.8 Å². The van der Waals surface area contributed by atoms with Crippen molar-refractivity contribution < 1.29 is 23.6 Å². The van der Waals surface area contributed by atoms with E-state index in [0.717, 1.165) is 5.56 Å². The number of hydrogen-bond acceptors (Lipinski definition) is 4. The van der Waals surface area contributed by atoms with Crippen LogP contribution in [0.4, 0.5) is 0 Å². The third kappa shape index (κ3) is 3.30. The fraction of sp³-hybridized carbons (Fsp3) is 0.417. The Morgan fingerprint density at radius 3 is 2.50 bits per heavy atom.